The normalized spacial score (nSPS) is 18.7. The number of amides is 1. The predicted molar refractivity (Wildman–Crippen MR) is 77.7 cm³/mol. The maximum absolute atomic E-state index is 13.2. The van der Waals surface area contributed by atoms with Crippen molar-refractivity contribution in [3.05, 3.63) is 24.0 Å². The van der Waals surface area contributed by atoms with Crippen LogP contribution in [-0.4, -0.2) is 35.8 Å². The van der Waals surface area contributed by atoms with Gasteiger partial charge in [-0.05, 0) is 32.9 Å². The van der Waals surface area contributed by atoms with Crippen LogP contribution in [0.3, 0.4) is 0 Å². The fourth-order valence-electron chi connectivity index (χ4n) is 2.11. The monoisotopic (exact) mass is 296 g/mol. The second-order valence-corrected chi connectivity index (χ2v) is 6.14. The lowest BCUT2D eigenvalue weighted by atomic mass is 10.2. The summed E-state index contributed by atoms with van der Waals surface area (Å²) in [6.07, 6.45) is 0.0947. The highest BCUT2D eigenvalue weighted by Crippen LogP contribution is 2.26. The molecule has 1 heterocycles. The van der Waals surface area contributed by atoms with Crippen LogP contribution >= 0.6 is 0 Å². The molecule has 2 rings (SSSR count). The first-order valence-electron chi connectivity index (χ1n) is 6.94. The molecular weight excluding hydrogens is 275 g/mol. The molecule has 1 aliphatic heterocycles. The van der Waals surface area contributed by atoms with Gasteiger partial charge >= 0.3 is 6.09 Å². The van der Waals surface area contributed by atoms with Crippen LogP contribution < -0.4 is 10.5 Å². The molecule has 0 unspecified atom stereocenters. The van der Waals surface area contributed by atoms with Gasteiger partial charge in [0.1, 0.15) is 23.3 Å². The number of anilines is 1. The van der Waals surface area contributed by atoms with Crippen LogP contribution in [0, 0.1) is 5.82 Å². The molecule has 0 radical (unpaired) electrons. The van der Waals surface area contributed by atoms with Crippen LogP contribution in [0.5, 0.6) is 5.75 Å². The number of rotatable bonds is 2. The highest BCUT2D eigenvalue weighted by molar-refractivity contribution is 5.68. The Hall–Kier alpha value is -1.98. The molecule has 5 nitrogen and oxygen atoms in total. The largest absolute Gasteiger partial charge is 0.486 e. The molecule has 2 N–H and O–H groups in total. The van der Waals surface area contributed by atoms with Crippen LogP contribution in [-0.2, 0) is 4.74 Å². The lowest BCUT2D eigenvalue weighted by molar-refractivity contribution is 0.0276. The van der Waals surface area contributed by atoms with Crippen LogP contribution in [0.1, 0.15) is 27.2 Å². The van der Waals surface area contributed by atoms with E-state index >= 15 is 0 Å². The zero-order valence-corrected chi connectivity index (χ0v) is 12.6. The smallest absolute Gasteiger partial charge is 0.410 e. The van der Waals surface area contributed by atoms with Gasteiger partial charge in [0, 0.05) is 19.0 Å². The van der Waals surface area contributed by atoms with Crippen molar-refractivity contribution < 1.29 is 18.7 Å². The Balaban J connectivity index is 1.93. The van der Waals surface area contributed by atoms with E-state index in [1.54, 1.807) is 4.90 Å². The number of nitrogen functional groups attached to an aromatic ring is 1. The number of benzene rings is 1. The summed E-state index contributed by atoms with van der Waals surface area (Å²) < 4.78 is 24.2. The van der Waals surface area contributed by atoms with Gasteiger partial charge in [0.05, 0.1) is 12.2 Å². The molecule has 1 aliphatic rings. The number of ether oxygens (including phenoxy) is 2. The molecule has 0 aliphatic carbocycles. The first kappa shape index (κ1) is 15.4. The number of carbonyl (C=O) groups excluding carboxylic acids is 1. The van der Waals surface area contributed by atoms with Gasteiger partial charge in [0.15, 0.2) is 0 Å². The Kier molecular flexibility index (Phi) is 4.25. The van der Waals surface area contributed by atoms with Gasteiger partial charge in [-0.1, -0.05) is 0 Å². The second-order valence-electron chi connectivity index (χ2n) is 6.14. The number of nitrogens with zero attached hydrogens (tertiary/aromatic N) is 1. The summed E-state index contributed by atoms with van der Waals surface area (Å²) in [5.41, 5.74) is 5.61. The topological polar surface area (TPSA) is 64.8 Å². The van der Waals surface area contributed by atoms with Gasteiger partial charge in [-0.25, -0.2) is 9.18 Å². The quantitative estimate of drug-likeness (QED) is 0.852. The summed E-state index contributed by atoms with van der Waals surface area (Å²) in [5.74, 6) is -0.0905. The third kappa shape index (κ3) is 4.24. The molecule has 0 bridgehead atoms. The minimum atomic E-state index is -0.525. The molecule has 1 aromatic carbocycles. The summed E-state index contributed by atoms with van der Waals surface area (Å²) in [6, 6.07) is 4.00. The van der Waals surface area contributed by atoms with E-state index in [4.69, 9.17) is 15.2 Å². The molecule has 116 valence electrons. The van der Waals surface area contributed by atoms with Crippen LogP contribution in [0.25, 0.3) is 0 Å². The minimum Gasteiger partial charge on any atom is -0.486 e. The Morgan fingerprint density at radius 2 is 2.14 bits per heavy atom. The van der Waals surface area contributed by atoms with Crippen molar-refractivity contribution in [3.63, 3.8) is 0 Å². The van der Waals surface area contributed by atoms with Gasteiger partial charge in [-0.2, -0.15) is 0 Å². The van der Waals surface area contributed by atoms with Crippen LogP contribution in [0.4, 0.5) is 14.9 Å². The second kappa shape index (κ2) is 5.79. The summed E-state index contributed by atoms with van der Waals surface area (Å²) in [6.45, 7) is 6.42. The van der Waals surface area contributed by atoms with Crippen molar-refractivity contribution >= 4 is 11.8 Å². The Morgan fingerprint density at radius 1 is 1.43 bits per heavy atom. The van der Waals surface area contributed by atoms with Crippen molar-refractivity contribution in [2.45, 2.75) is 38.9 Å². The number of likely N-dealkylation sites (tertiary alicyclic amines) is 1. The van der Waals surface area contributed by atoms with Gasteiger partial charge < -0.3 is 20.1 Å². The van der Waals surface area contributed by atoms with Crippen LogP contribution in [0.2, 0.25) is 0 Å². The van der Waals surface area contributed by atoms with E-state index in [9.17, 15) is 9.18 Å². The summed E-state index contributed by atoms with van der Waals surface area (Å²) in [5, 5.41) is 0. The fourth-order valence-corrected chi connectivity index (χ4v) is 2.11. The van der Waals surface area contributed by atoms with E-state index in [-0.39, 0.29) is 12.2 Å². The molecule has 1 amide bonds. The molecule has 21 heavy (non-hydrogen) atoms. The lowest BCUT2D eigenvalue weighted by Crippen LogP contribution is -2.36. The maximum atomic E-state index is 13.2. The standard InChI is InChI=1S/C15H21FN2O3/c1-15(2,3)21-14(19)18-7-6-11(9-18)20-13-8-10(16)4-5-12(13)17/h4-5,8,11H,6-7,9,17H2,1-3H3/t11-/m0/s1. The molecule has 0 saturated carbocycles. The summed E-state index contributed by atoms with van der Waals surface area (Å²) in [4.78, 5) is 13.5. The zero-order valence-electron chi connectivity index (χ0n) is 12.6. The molecule has 0 spiro atoms. The number of carbonyl (C=O) groups is 1. The highest BCUT2D eigenvalue weighted by Gasteiger charge is 2.31. The lowest BCUT2D eigenvalue weighted by Gasteiger charge is -2.24. The van der Waals surface area contributed by atoms with Gasteiger partial charge in [0.2, 0.25) is 0 Å². The summed E-state index contributed by atoms with van der Waals surface area (Å²) >= 11 is 0. The van der Waals surface area contributed by atoms with Gasteiger partial charge in [-0.15, -0.1) is 0 Å². The Labute approximate surface area is 123 Å². The molecule has 1 saturated heterocycles. The van der Waals surface area contributed by atoms with Crippen molar-refractivity contribution in [2.75, 3.05) is 18.8 Å². The van der Waals surface area contributed by atoms with Crippen molar-refractivity contribution in [3.8, 4) is 5.75 Å². The van der Waals surface area contributed by atoms with E-state index in [1.165, 1.54) is 18.2 Å². The van der Waals surface area contributed by atoms with Crippen LogP contribution in [0.15, 0.2) is 18.2 Å². The first-order valence-corrected chi connectivity index (χ1v) is 6.94. The van der Waals surface area contributed by atoms with E-state index in [0.717, 1.165) is 0 Å². The highest BCUT2D eigenvalue weighted by atomic mass is 19.1. The average Bonchev–Trinajstić information content (AvgIpc) is 2.80. The van der Waals surface area contributed by atoms with Crippen molar-refractivity contribution in [1.82, 2.24) is 4.90 Å². The third-order valence-electron chi connectivity index (χ3n) is 3.07. The molecular formula is C15H21FN2O3. The van der Waals surface area contributed by atoms with Gasteiger partial charge in [0.25, 0.3) is 0 Å². The molecule has 1 fully saturated rings. The van der Waals surface area contributed by atoms with Crippen molar-refractivity contribution in [2.24, 2.45) is 0 Å². The molecule has 6 heteroatoms. The number of hydrogen-bond acceptors (Lipinski definition) is 4. The van der Waals surface area contributed by atoms with Gasteiger partial charge in [-0.3, -0.25) is 0 Å². The van der Waals surface area contributed by atoms with E-state index in [2.05, 4.69) is 0 Å². The zero-order chi connectivity index (χ0) is 15.6. The maximum Gasteiger partial charge on any atom is 0.410 e. The molecule has 1 aromatic rings. The third-order valence-corrected chi connectivity index (χ3v) is 3.07. The van der Waals surface area contributed by atoms with Crippen molar-refractivity contribution in [1.29, 1.82) is 0 Å². The summed E-state index contributed by atoms with van der Waals surface area (Å²) in [7, 11) is 0. The minimum absolute atomic E-state index is 0.207. The molecule has 0 aromatic heterocycles. The average molecular weight is 296 g/mol. The number of hydrogen-bond donors (Lipinski definition) is 1. The predicted octanol–water partition coefficient (Wildman–Crippen LogP) is 2.80. The van der Waals surface area contributed by atoms with E-state index in [0.29, 0.717) is 30.9 Å². The SMILES string of the molecule is CC(C)(C)OC(=O)N1CC[C@H](Oc2cc(F)ccc2N)C1. The fraction of sp³-hybridized carbons (Fsp3) is 0.533. The Bertz CT molecular complexity index is 528. The number of nitrogens with two attached hydrogens (primary N) is 1. The number of halogens is 1. The van der Waals surface area contributed by atoms with E-state index < -0.39 is 11.4 Å². The first-order chi connectivity index (χ1) is 9.74. The van der Waals surface area contributed by atoms with E-state index in [1.807, 2.05) is 20.8 Å². The molecule has 1 atom stereocenters. The Morgan fingerprint density at radius 3 is 2.81 bits per heavy atom.